The smallest absolute Gasteiger partial charge is 0.439 e. The number of ether oxygens (including phenoxy) is 1. The lowest BCUT2D eigenvalue weighted by Crippen LogP contribution is -2.79. The van der Waals surface area contributed by atoms with E-state index >= 15 is 0 Å². The van der Waals surface area contributed by atoms with Gasteiger partial charge in [-0.15, -0.1) is 4.90 Å². The van der Waals surface area contributed by atoms with Crippen LogP contribution in [-0.4, -0.2) is 41.2 Å². The number of carbonyl (C=O) groups excluding carboxylic acids is 1. The first kappa shape index (κ1) is 16.7. The van der Waals surface area contributed by atoms with Gasteiger partial charge in [-0.25, -0.2) is 4.74 Å². The first-order valence-electron chi connectivity index (χ1n) is 4.13. The van der Waals surface area contributed by atoms with Crippen LogP contribution in [0.5, 0.6) is 0 Å². The molecule has 118 valence electrons. The van der Waals surface area contributed by atoms with Gasteiger partial charge in [0.25, 0.3) is 0 Å². The number of halogens is 10. The number of alkyl halides is 10. The van der Waals surface area contributed by atoms with Gasteiger partial charge in [0.1, 0.15) is 5.97 Å². The number of carboxylic acids is 1. The van der Waals surface area contributed by atoms with E-state index in [2.05, 4.69) is 0 Å². The van der Waals surface area contributed by atoms with E-state index in [0.717, 1.165) is 0 Å². The number of carbonyl (C=O) groups is 1. The number of rotatable bonds is 2. The third kappa shape index (κ3) is 1.88. The number of nitrogens with zero attached hydrogens (tertiary/aromatic N) is 1. The number of morpholine rings is 1. The lowest BCUT2D eigenvalue weighted by atomic mass is 10.2. The summed E-state index contributed by atoms with van der Waals surface area (Å²) in [5.41, 5.74) is 0. The molecule has 20 heavy (non-hydrogen) atoms. The summed E-state index contributed by atoms with van der Waals surface area (Å²) >= 11 is 0. The highest BCUT2D eigenvalue weighted by atomic mass is 19.4. The van der Waals surface area contributed by atoms with Gasteiger partial charge in [-0.05, 0) is 0 Å². The van der Waals surface area contributed by atoms with Crippen LogP contribution in [0.3, 0.4) is 0 Å². The molecule has 0 bridgehead atoms. The Kier molecular flexibility index (Phi) is 3.24. The number of hydrogen-bond acceptors (Lipinski definition) is 4. The minimum absolute atomic E-state index is 1.84. The first-order valence-corrected chi connectivity index (χ1v) is 4.13. The number of hydrogen-bond donors (Lipinski definition) is 0. The maximum atomic E-state index is 12.8. The summed E-state index contributed by atoms with van der Waals surface area (Å²) in [6, 6.07) is -20.1. The molecule has 0 aromatic heterocycles. The highest BCUT2D eigenvalue weighted by Gasteiger charge is 2.87. The van der Waals surface area contributed by atoms with Crippen LogP contribution in [0.15, 0.2) is 0 Å². The van der Waals surface area contributed by atoms with E-state index in [1.165, 1.54) is 0 Å². The zero-order valence-electron chi connectivity index (χ0n) is 8.45. The van der Waals surface area contributed by atoms with Crippen molar-refractivity contribution in [3.8, 4) is 0 Å². The van der Waals surface area contributed by atoms with Crippen LogP contribution in [0, 0.1) is 0 Å². The van der Waals surface area contributed by atoms with Crippen molar-refractivity contribution in [3.05, 3.63) is 0 Å². The molecule has 0 aromatic rings. The molecular weight excluding hydrogens is 324 g/mol. The Morgan fingerprint density at radius 3 is 1.45 bits per heavy atom. The van der Waals surface area contributed by atoms with Crippen LogP contribution >= 0.6 is 0 Å². The summed E-state index contributed by atoms with van der Waals surface area (Å²) in [7, 11) is 0. The fraction of sp³-hybridized carbons (Fsp3) is 0.833. The van der Waals surface area contributed by atoms with Gasteiger partial charge in [0.05, 0.1) is 0 Å². The van der Waals surface area contributed by atoms with Crippen molar-refractivity contribution < 1.29 is 58.5 Å². The Morgan fingerprint density at radius 2 is 1.20 bits per heavy atom. The molecule has 4 nitrogen and oxygen atoms in total. The molecule has 0 radical (unpaired) electrons. The van der Waals surface area contributed by atoms with Gasteiger partial charge in [0.2, 0.25) is 0 Å². The molecule has 0 spiro atoms. The average Bonchev–Trinajstić information content (AvgIpc) is 2.11. The van der Waals surface area contributed by atoms with Gasteiger partial charge >= 0.3 is 30.4 Å². The molecule has 0 aliphatic carbocycles. The summed E-state index contributed by atoms with van der Waals surface area (Å²) in [5.74, 6) is -4.02. The largest absolute Gasteiger partial charge is 0.543 e. The van der Waals surface area contributed by atoms with Crippen LogP contribution in [0.25, 0.3) is 0 Å². The van der Waals surface area contributed by atoms with Gasteiger partial charge < -0.3 is 9.90 Å². The molecule has 0 unspecified atom stereocenters. The molecule has 0 aromatic carbocycles. The van der Waals surface area contributed by atoms with Gasteiger partial charge in [-0.2, -0.15) is 43.9 Å². The number of carboxylic acid groups (broad SMARTS) is 1. The van der Waals surface area contributed by atoms with E-state index in [1.54, 1.807) is 0 Å². The average molecular weight is 324 g/mol. The van der Waals surface area contributed by atoms with Crippen molar-refractivity contribution >= 4 is 5.97 Å². The lowest BCUT2D eigenvalue weighted by molar-refractivity contribution is -0.584. The molecule has 0 saturated carbocycles. The summed E-state index contributed by atoms with van der Waals surface area (Å²) < 4.78 is 128. The highest BCUT2D eigenvalue weighted by Crippen LogP contribution is 2.58. The monoisotopic (exact) mass is 324 g/mol. The summed E-state index contributed by atoms with van der Waals surface area (Å²) in [6.07, 6.45) is -13.1. The second-order valence-corrected chi connectivity index (χ2v) is 3.38. The zero-order valence-corrected chi connectivity index (χ0v) is 8.45. The SMILES string of the molecule is O=C([O-])C(F)(F)N1C(F)(F)C(F)(F)OC(F)(F)C1(F)F. The standard InChI is InChI=1S/C6HF10NO3/c7-2(8,1(18)19)17-3(9,10)5(13,14)20-6(15,16)4(17,11)12/h(H,18,19)/p-1. The Bertz CT molecular complexity index is 409. The van der Waals surface area contributed by atoms with Gasteiger partial charge in [0, 0.05) is 0 Å². The quantitative estimate of drug-likeness (QED) is 0.562. The van der Waals surface area contributed by atoms with E-state index in [4.69, 9.17) is 0 Å². The van der Waals surface area contributed by atoms with Crippen LogP contribution in [0.2, 0.25) is 0 Å². The molecule has 0 amide bonds. The van der Waals surface area contributed by atoms with Crippen molar-refractivity contribution in [2.75, 3.05) is 0 Å². The minimum atomic E-state index is -6.78. The predicted octanol–water partition coefficient (Wildman–Crippen LogP) is 1.03. The summed E-state index contributed by atoms with van der Waals surface area (Å²) in [4.78, 5) is 6.37. The van der Waals surface area contributed by atoms with E-state index in [0.29, 0.717) is 0 Å². The molecule has 1 heterocycles. The fourth-order valence-electron chi connectivity index (χ4n) is 1.16. The first-order chi connectivity index (χ1) is 8.52. The maximum Gasteiger partial charge on any atom is 0.439 e. The molecule has 1 aliphatic rings. The van der Waals surface area contributed by atoms with Crippen LogP contribution in [-0.2, 0) is 9.53 Å². The third-order valence-electron chi connectivity index (χ3n) is 2.04. The topological polar surface area (TPSA) is 52.6 Å². The highest BCUT2D eigenvalue weighted by molar-refractivity contribution is 5.72. The lowest BCUT2D eigenvalue weighted by Gasteiger charge is -2.49. The van der Waals surface area contributed by atoms with Crippen molar-refractivity contribution in [1.29, 1.82) is 0 Å². The van der Waals surface area contributed by atoms with Gasteiger partial charge in [-0.3, -0.25) is 0 Å². The van der Waals surface area contributed by atoms with Gasteiger partial charge in [0.15, 0.2) is 0 Å². The molecular formula is C6F10NO3-. The van der Waals surface area contributed by atoms with E-state index in [9.17, 15) is 53.8 Å². The van der Waals surface area contributed by atoms with Crippen LogP contribution in [0.4, 0.5) is 43.9 Å². The van der Waals surface area contributed by atoms with Crippen molar-refractivity contribution in [2.24, 2.45) is 0 Å². The van der Waals surface area contributed by atoms with Crippen LogP contribution in [0.1, 0.15) is 0 Å². The zero-order chi connectivity index (χ0) is 16.4. The molecule has 0 N–H and O–H groups in total. The molecule has 1 rings (SSSR count). The second kappa shape index (κ2) is 3.87. The van der Waals surface area contributed by atoms with E-state index < -0.39 is 41.2 Å². The fourth-order valence-corrected chi connectivity index (χ4v) is 1.16. The molecule has 1 aliphatic heterocycles. The van der Waals surface area contributed by atoms with E-state index in [1.807, 2.05) is 4.74 Å². The molecule has 1 fully saturated rings. The molecule has 0 atom stereocenters. The Hall–Kier alpha value is -1.31. The minimum Gasteiger partial charge on any atom is -0.543 e. The third-order valence-corrected chi connectivity index (χ3v) is 2.04. The van der Waals surface area contributed by atoms with E-state index in [-0.39, 0.29) is 0 Å². The van der Waals surface area contributed by atoms with Crippen molar-refractivity contribution in [2.45, 2.75) is 30.4 Å². The Labute approximate surface area is 101 Å². The summed E-state index contributed by atoms with van der Waals surface area (Å²) in [5, 5.41) is 9.82. The van der Waals surface area contributed by atoms with Crippen molar-refractivity contribution in [3.63, 3.8) is 0 Å². The predicted molar refractivity (Wildman–Crippen MR) is 32.7 cm³/mol. The number of aliphatic carboxylic acids is 1. The van der Waals surface area contributed by atoms with Crippen LogP contribution < -0.4 is 5.11 Å². The normalized spacial score (nSPS) is 28.1. The summed E-state index contributed by atoms with van der Waals surface area (Å²) in [6.45, 7) is 0. The Balaban J connectivity index is 3.60. The second-order valence-electron chi connectivity index (χ2n) is 3.38. The van der Waals surface area contributed by atoms with Crippen molar-refractivity contribution in [1.82, 2.24) is 4.90 Å². The molecule has 14 heteroatoms. The molecule has 1 saturated heterocycles. The Morgan fingerprint density at radius 1 is 0.900 bits per heavy atom. The maximum absolute atomic E-state index is 12.8. The van der Waals surface area contributed by atoms with Gasteiger partial charge in [-0.1, -0.05) is 0 Å².